The van der Waals surface area contributed by atoms with Crippen molar-refractivity contribution in [3.05, 3.63) is 0 Å². The molecule has 0 aromatic carbocycles. The zero-order valence-corrected chi connectivity index (χ0v) is 12.8. The summed E-state index contributed by atoms with van der Waals surface area (Å²) in [5.74, 6) is -5.16. The molecule has 2 unspecified atom stereocenters. The van der Waals surface area contributed by atoms with Crippen LogP contribution in [0.2, 0.25) is 0 Å². The quantitative estimate of drug-likeness (QED) is 0.823. The summed E-state index contributed by atoms with van der Waals surface area (Å²) in [7, 11) is 0. The van der Waals surface area contributed by atoms with Crippen LogP contribution in [-0.2, 0) is 9.53 Å². The highest BCUT2D eigenvalue weighted by Crippen LogP contribution is 2.37. The van der Waals surface area contributed by atoms with Gasteiger partial charge in [-0.2, -0.15) is 13.2 Å². The second kappa shape index (κ2) is 6.94. The number of likely N-dealkylation sites (tertiary alicyclic amines) is 1. The Labute approximate surface area is 132 Å². The number of aliphatic carboxylic acids is 1. The molecule has 2 N–H and O–H groups in total. The van der Waals surface area contributed by atoms with Crippen LogP contribution in [0, 0.1) is 11.8 Å². The predicted octanol–water partition coefficient (Wildman–Crippen LogP) is 1.85. The molecule has 23 heavy (non-hydrogen) atoms. The van der Waals surface area contributed by atoms with E-state index in [1.54, 1.807) is 0 Å². The van der Waals surface area contributed by atoms with Crippen molar-refractivity contribution < 1.29 is 32.6 Å². The van der Waals surface area contributed by atoms with Crippen LogP contribution in [-0.4, -0.2) is 60.0 Å². The van der Waals surface area contributed by atoms with Gasteiger partial charge in [-0.15, -0.1) is 0 Å². The van der Waals surface area contributed by atoms with E-state index in [4.69, 9.17) is 9.84 Å². The first kappa shape index (κ1) is 17.8. The third-order valence-corrected chi connectivity index (χ3v) is 4.49. The summed E-state index contributed by atoms with van der Waals surface area (Å²) in [4.78, 5) is 24.1. The molecule has 2 aliphatic heterocycles. The van der Waals surface area contributed by atoms with Crippen LogP contribution in [0.5, 0.6) is 0 Å². The molecule has 2 saturated heterocycles. The number of ether oxygens (including phenoxy) is 1. The Kier molecular flexibility index (Phi) is 5.38. The summed E-state index contributed by atoms with van der Waals surface area (Å²) in [6.45, 7) is 1.41. The summed E-state index contributed by atoms with van der Waals surface area (Å²) in [6, 6.07) is -0.792. The molecule has 2 fully saturated rings. The van der Waals surface area contributed by atoms with Crippen LogP contribution in [0.3, 0.4) is 0 Å². The minimum Gasteiger partial charge on any atom is -0.481 e. The highest BCUT2D eigenvalue weighted by atomic mass is 19.4. The monoisotopic (exact) mass is 338 g/mol. The number of urea groups is 1. The molecule has 2 amide bonds. The van der Waals surface area contributed by atoms with Gasteiger partial charge in [-0.1, -0.05) is 6.92 Å². The van der Waals surface area contributed by atoms with E-state index >= 15 is 0 Å². The number of hydrogen-bond acceptors (Lipinski definition) is 3. The van der Waals surface area contributed by atoms with Gasteiger partial charge in [-0.05, 0) is 19.3 Å². The number of carbonyl (C=O) groups excluding carboxylic acids is 1. The summed E-state index contributed by atoms with van der Waals surface area (Å²) >= 11 is 0. The van der Waals surface area contributed by atoms with Crippen molar-refractivity contribution in [2.24, 2.45) is 11.8 Å². The molecule has 0 radical (unpaired) electrons. The van der Waals surface area contributed by atoms with Crippen molar-refractivity contribution >= 4 is 12.0 Å². The third kappa shape index (κ3) is 4.27. The van der Waals surface area contributed by atoms with Crippen LogP contribution in [0.25, 0.3) is 0 Å². The van der Waals surface area contributed by atoms with Gasteiger partial charge in [0.25, 0.3) is 0 Å². The van der Waals surface area contributed by atoms with Crippen LogP contribution in [0.15, 0.2) is 0 Å². The van der Waals surface area contributed by atoms with Gasteiger partial charge in [0.2, 0.25) is 0 Å². The third-order valence-electron chi connectivity index (χ3n) is 4.49. The van der Waals surface area contributed by atoms with E-state index in [0.717, 1.165) is 11.3 Å². The number of alkyl halides is 3. The van der Waals surface area contributed by atoms with Crippen LogP contribution >= 0.6 is 0 Å². The van der Waals surface area contributed by atoms with Crippen molar-refractivity contribution in [3.8, 4) is 0 Å². The largest absolute Gasteiger partial charge is 0.481 e. The molecule has 0 bridgehead atoms. The lowest BCUT2D eigenvalue weighted by Gasteiger charge is -2.31. The van der Waals surface area contributed by atoms with Crippen LogP contribution in [0.1, 0.15) is 26.2 Å². The molecule has 2 rings (SSSR count). The van der Waals surface area contributed by atoms with Gasteiger partial charge in [0.1, 0.15) is 0 Å². The summed E-state index contributed by atoms with van der Waals surface area (Å²) < 4.78 is 44.3. The van der Waals surface area contributed by atoms with Crippen LogP contribution in [0.4, 0.5) is 18.0 Å². The van der Waals surface area contributed by atoms with E-state index in [1.165, 1.54) is 0 Å². The number of hydrogen-bond donors (Lipinski definition) is 2. The van der Waals surface area contributed by atoms with Crippen molar-refractivity contribution in [1.29, 1.82) is 0 Å². The minimum absolute atomic E-state index is 0.0299. The Morgan fingerprint density at radius 1 is 1.35 bits per heavy atom. The van der Waals surface area contributed by atoms with Gasteiger partial charge >= 0.3 is 18.2 Å². The van der Waals surface area contributed by atoms with Crippen molar-refractivity contribution in [1.82, 2.24) is 10.2 Å². The molecular formula is C14H21F3N2O4. The molecule has 2 heterocycles. The minimum atomic E-state index is -4.63. The molecule has 132 valence electrons. The number of carbonyl (C=O) groups is 2. The number of carboxylic acids is 1. The lowest BCUT2D eigenvalue weighted by Crippen LogP contribution is -2.47. The fraction of sp³-hybridized carbons (Fsp3) is 0.857. The molecular weight excluding hydrogens is 317 g/mol. The average Bonchev–Trinajstić information content (AvgIpc) is 2.93. The number of carboxylic acid groups (broad SMARTS) is 1. The maximum Gasteiger partial charge on any atom is 0.394 e. The fourth-order valence-corrected chi connectivity index (χ4v) is 3.11. The lowest BCUT2D eigenvalue weighted by molar-refractivity contribution is -0.187. The number of amides is 2. The Morgan fingerprint density at radius 2 is 2.04 bits per heavy atom. The summed E-state index contributed by atoms with van der Waals surface area (Å²) in [6.07, 6.45) is -2.60. The lowest BCUT2D eigenvalue weighted by atomic mass is 9.96. The molecule has 6 nitrogen and oxygen atoms in total. The van der Waals surface area contributed by atoms with E-state index in [1.807, 2.05) is 6.92 Å². The number of halogens is 3. The van der Waals surface area contributed by atoms with E-state index in [9.17, 15) is 22.8 Å². The molecule has 0 saturated carbocycles. The molecule has 4 atom stereocenters. The maximum absolute atomic E-state index is 12.9. The van der Waals surface area contributed by atoms with E-state index in [2.05, 4.69) is 5.32 Å². The Balaban J connectivity index is 1.96. The van der Waals surface area contributed by atoms with Crippen molar-refractivity contribution in [2.45, 2.75) is 44.5 Å². The van der Waals surface area contributed by atoms with E-state index < -0.39 is 43.1 Å². The summed E-state index contributed by atoms with van der Waals surface area (Å²) in [5.41, 5.74) is 0. The molecule has 0 aromatic rings. The predicted molar refractivity (Wildman–Crippen MR) is 73.8 cm³/mol. The van der Waals surface area contributed by atoms with Crippen molar-refractivity contribution in [3.63, 3.8) is 0 Å². The number of nitrogens with one attached hydrogen (secondary N) is 1. The summed E-state index contributed by atoms with van der Waals surface area (Å²) in [5, 5.41) is 11.7. The highest BCUT2D eigenvalue weighted by Gasteiger charge is 2.53. The van der Waals surface area contributed by atoms with Gasteiger partial charge in [0.15, 0.2) is 0 Å². The van der Waals surface area contributed by atoms with Gasteiger partial charge in [-0.25, -0.2) is 4.79 Å². The van der Waals surface area contributed by atoms with Gasteiger partial charge in [-0.3, -0.25) is 4.79 Å². The molecule has 0 aliphatic carbocycles. The SMILES string of the molecule is CCC1CC(NC(=O)N2C[C@@H](C(F)(F)F)[C@H](C(=O)O)C2)CCO1. The molecule has 0 spiro atoms. The highest BCUT2D eigenvalue weighted by molar-refractivity contribution is 5.78. The topological polar surface area (TPSA) is 78.9 Å². The van der Waals surface area contributed by atoms with E-state index in [-0.39, 0.29) is 12.1 Å². The number of nitrogens with zero attached hydrogens (tertiary/aromatic N) is 1. The van der Waals surface area contributed by atoms with Gasteiger partial charge in [0, 0.05) is 25.7 Å². The maximum atomic E-state index is 12.9. The van der Waals surface area contributed by atoms with Gasteiger partial charge in [0.05, 0.1) is 17.9 Å². The normalized spacial score (nSPS) is 31.9. The first-order chi connectivity index (χ1) is 10.7. The second-order valence-corrected chi connectivity index (χ2v) is 6.07. The standard InChI is InChI=1S/C14H21F3N2O4/c1-2-9-5-8(3-4-23-9)18-13(22)19-6-10(12(20)21)11(7-19)14(15,16)17/h8-11H,2-7H2,1H3,(H,18,22)(H,20,21)/t8?,9?,10-,11-/m1/s1. The Morgan fingerprint density at radius 3 is 2.57 bits per heavy atom. The fourth-order valence-electron chi connectivity index (χ4n) is 3.11. The Hall–Kier alpha value is -1.51. The zero-order chi connectivity index (χ0) is 17.2. The molecule has 9 heteroatoms. The smallest absolute Gasteiger partial charge is 0.394 e. The second-order valence-electron chi connectivity index (χ2n) is 6.07. The van der Waals surface area contributed by atoms with Crippen molar-refractivity contribution in [2.75, 3.05) is 19.7 Å². The van der Waals surface area contributed by atoms with Crippen LogP contribution < -0.4 is 5.32 Å². The first-order valence-corrected chi connectivity index (χ1v) is 7.69. The zero-order valence-electron chi connectivity index (χ0n) is 12.8. The van der Waals surface area contributed by atoms with E-state index in [0.29, 0.717) is 19.4 Å². The first-order valence-electron chi connectivity index (χ1n) is 7.69. The molecule has 2 aliphatic rings. The average molecular weight is 338 g/mol. The Bertz CT molecular complexity index is 458. The molecule has 0 aromatic heterocycles. The van der Waals surface area contributed by atoms with Gasteiger partial charge < -0.3 is 20.1 Å². The number of rotatable bonds is 3.